The van der Waals surface area contributed by atoms with Gasteiger partial charge >= 0.3 is 0 Å². The van der Waals surface area contributed by atoms with Gasteiger partial charge in [0, 0.05) is 6.08 Å². The second kappa shape index (κ2) is 5.53. The summed E-state index contributed by atoms with van der Waals surface area (Å²) in [6.07, 6.45) is 3.08. The van der Waals surface area contributed by atoms with Gasteiger partial charge in [0.1, 0.15) is 0 Å². The number of primary amides is 1. The molecular weight excluding hydrogens is 234 g/mol. The van der Waals surface area contributed by atoms with Crippen LogP contribution in [0.4, 0.5) is 0 Å². The van der Waals surface area contributed by atoms with Gasteiger partial charge in [-0.3, -0.25) is 4.79 Å². The van der Waals surface area contributed by atoms with Gasteiger partial charge in [-0.15, -0.1) is 0 Å². The lowest BCUT2D eigenvalue weighted by Crippen LogP contribution is -2.04. The fourth-order valence-electron chi connectivity index (χ4n) is 2.11. The van der Waals surface area contributed by atoms with E-state index in [0.29, 0.717) is 0 Å². The first-order valence-corrected chi connectivity index (χ1v) is 6.21. The summed E-state index contributed by atoms with van der Waals surface area (Å²) in [5.41, 5.74) is 10.9. The van der Waals surface area contributed by atoms with Crippen LogP contribution in [0.2, 0.25) is 0 Å². The molecule has 0 spiro atoms. The van der Waals surface area contributed by atoms with E-state index in [4.69, 9.17) is 5.73 Å². The van der Waals surface area contributed by atoms with Crippen LogP contribution in [0.3, 0.4) is 0 Å². The molecule has 2 aromatic rings. The lowest BCUT2D eigenvalue weighted by Gasteiger charge is -2.05. The highest BCUT2D eigenvalue weighted by Gasteiger charge is 1.99. The molecule has 2 rings (SSSR count). The van der Waals surface area contributed by atoms with Crippen molar-refractivity contribution in [3.05, 3.63) is 65.2 Å². The lowest BCUT2D eigenvalue weighted by atomic mass is 10.00. The molecular formula is C17H17NO. The molecule has 0 bridgehead atoms. The molecule has 0 aromatic heterocycles. The highest BCUT2D eigenvalue weighted by atomic mass is 16.1. The second-order valence-corrected chi connectivity index (χ2v) is 4.73. The summed E-state index contributed by atoms with van der Waals surface area (Å²) in [6.45, 7) is 4.20. The van der Waals surface area contributed by atoms with Crippen molar-refractivity contribution in [1.82, 2.24) is 0 Å². The van der Waals surface area contributed by atoms with E-state index in [2.05, 4.69) is 44.2 Å². The van der Waals surface area contributed by atoms with E-state index in [0.717, 1.165) is 5.56 Å². The molecule has 0 aliphatic carbocycles. The van der Waals surface area contributed by atoms with E-state index < -0.39 is 5.91 Å². The summed E-state index contributed by atoms with van der Waals surface area (Å²) in [7, 11) is 0. The zero-order valence-electron chi connectivity index (χ0n) is 11.2. The predicted octanol–water partition coefficient (Wildman–Crippen LogP) is 3.47. The van der Waals surface area contributed by atoms with E-state index >= 15 is 0 Å². The van der Waals surface area contributed by atoms with Crippen molar-refractivity contribution in [1.29, 1.82) is 0 Å². The first-order valence-electron chi connectivity index (χ1n) is 6.21. The molecule has 2 nitrogen and oxygen atoms in total. The zero-order valence-corrected chi connectivity index (χ0v) is 11.2. The van der Waals surface area contributed by atoms with E-state index in [1.165, 1.54) is 28.3 Å². The first-order chi connectivity index (χ1) is 9.04. The van der Waals surface area contributed by atoms with Gasteiger partial charge in [0.05, 0.1) is 0 Å². The summed E-state index contributed by atoms with van der Waals surface area (Å²) in [5, 5.41) is 0. The molecule has 2 heteroatoms. The summed E-state index contributed by atoms with van der Waals surface area (Å²) >= 11 is 0. The maximum atomic E-state index is 10.7. The number of benzene rings is 2. The average molecular weight is 251 g/mol. The smallest absolute Gasteiger partial charge is 0.241 e. The number of hydrogen-bond acceptors (Lipinski definition) is 1. The number of rotatable bonds is 3. The SMILES string of the molecule is Cc1cc(C)cc(-c2ccc(/C=C\C(N)=O)cc2)c1. The van der Waals surface area contributed by atoms with Crippen LogP contribution in [0.1, 0.15) is 16.7 Å². The molecule has 2 aromatic carbocycles. The van der Waals surface area contributed by atoms with Gasteiger partial charge in [0.2, 0.25) is 5.91 Å². The van der Waals surface area contributed by atoms with Crippen molar-refractivity contribution >= 4 is 12.0 Å². The average Bonchev–Trinajstić information content (AvgIpc) is 2.36. The molecule has 0 radical (unpaired) electrons. The van der Waals surface area contributed by atoms with E-state index in [-0.39, 0.29) is 0 Å². The van der Waals surface area contributed by atoms with Crippen LogP contribution in [0.5, 0.6) is 0 Å². The Morgan fingerprint density at radius 2 is 1.53 bits per heavy atom. The Bertz CT molecular complexity index is 604. The number of amides is 1. The van der Waals surface area contributed by atoms with Crippen molar-refractivity contribution in [2.24, 2.45) is 5.73 Å². The minimum atomic E-state index is -0.432. The molecule has 0 unspecified atom stereocenters. The molecule has 0 fully saturated rings. The normalized spacial score (nSPS) is 10.8. The van der Waals surface area contributed by atoms with Crippen molar-refractivity contribution in [2.45, 2.75) is 13.8 Å². The molecule has 2 N–H and O–H groups in total. The Morgan fingerprint density at radius 1 is 0.947 bits per heavy atom. The van der Waals surface area contributed by atoms with Crippen LogP contribution in [0.15, 0.2) is 48.5 Å². The molecule has 0 aliphatic heterocycles. The van der Waals surface area contributed by atoms with Gasteiger partial charge in [0.15, 0.2) is 0 Å². The summed E-state index contributed by atoms with van der Waals surface area (Å²) in [6, 6.07) is 14.6. The monoisotopic (exact) mass is 251 g/mol. The van der Waals surface area contributed by atoms with E-state index in [9.17, 15) is 4.79 Å². The third-order valence-electron chi connectivity index (χ3n) is 2.91. The van der Waals surface area contributed by atoms with Crippen molar-refractivity contribution in [2.75, 3.05) is 0 Å². The molecule has 0 atom stereocenters. The largest absolute Gasteiger partial charge is 0.366 e. The number of carbonyl (C=O) groups excluding carboxylic acids is 1. The topological polar surface area (TPSA) is 43.1 Å². The second-order valence-electron chi connectivity index (χ2n) is 4.73. The van der Waals surface area contributed by atoms with Crippen LogP contribution in [0, 0.1) is 13.8 Å². The summed E-state index contributed by atoms with van der Waals surface area (Å²) in [4.78, 5) is 10.7. The van der Waals surface area contributed by atoms with Gasteiger partial charge in [-0.2, -0.15) is 0 Å². The minimum Gasteiger partial charge on any atom is -0.366 e. The highest BCUT2D eigenvalue weighted by Crippen LogP contribution is 2.22. The Morgan fingerprint density at radius 3 is 2.05 bits per heavy atom. The van der Waals surface area contributed by atoms with Gasteiger partial charge in [0.25, 0.3) is 0 Å². The summed E-state index contributed by atoms with van der Waals surface area (Å²) < 4.78 is 0. The maximum absolute atomic E-state index is 10.7. The molecule has 19 heavy (non-hydrogen) atoms. The van der Waals surface area contributed by atoms with Gasteiger partial charge in [-0.05, 0) is 36.6 Å². The molecule has 0 aliphatic rings. The molecule has 96 valence electrons. The fourth-order valence-corrected chi connectivity index (χ4v) is 2.11. The number of carbonyl (C=O) groups is 1. The van der Waals surface area contributed by atoms with Crippen LogP contribution < -0.4 is 5.73 Å². The number of aryl methyl sites for hydroxylation is 2. The molecule has 0 saturated carbocycles. The minimum absolute atomic E-state index is 0.432. The van der Waals surface area contributed by atoms with Gasteiger partial charge in [-0.25, -0.2) is 0 Å². The standard InChI is InChI=1S/C17H17NO/c1-12-9-13(2)11-16(10-12)15-6-3-14(4-7-15)5-8-17(18)19/h3-11H,1-2H3,(H2,18,19)/b8-5-. The molecule has 0 heterocycles. The Labute approximate surface area is 113 Å². The van der Waals surface area contributed by atoms with Crippen molar-refractivity contribution in [3.63, 3.8) is 0 Å². The maximum Gasteiger partial charge on any atom is 0.241 e. The predicted molar refractivity (Wildman–Crippen MR) is 79.6 cm³/mol. The van der Waals surface area contributed by atoms with E-state index in [1.54, 1.807) is 6.08 Å². The molecule has 0 saturated heterocycles. The highest BCUT2D eigenvalue weighted by molar-refractivity contribution is 5.90. The van der Waals surface area contributed by atoms with Gasteiger partial charge in [-0.1, -0.05) is 53.6 Å². The third kappa shape index (κ3) is 3.55. The third-order valence-corrected chi connectivity index (χ3v) is 2.91. The number of hydrogen-bond donors (Lipinski definition) is 1. The number of nitrogens with two attached hydrogens (primary N) is 1. The molecule has 1 amide bonds. The van der Waals surface area contributed by atoms with Crippen molar-refractivity contribution in [3.8, 4) is 11.1 Å². The zero-order chi connectivity index (χ0) is 13.8. The summed E-state index contributed by atoms with van der Waals surface area (Å²) in [5.74, 6) is -0.432. The fraction of sp³-hybridized carbons (Fsp3) is 0.118. The lowest BCUT2D eigenvalue weighted by molar-refractivity contribution is -0.113. The Balaban J connectivity index is 2.29. The van der Waals surface area contributed by atoms with Crippen molar-refractivity contribution < 1.29 is 4.79 Å². The van der Waals surface area contributed by atoms with Gasteiger partial charge < -0.3 is 5.73 Å². The Kier molecular flexibility index (Phi) is 3.81. The quantitative estimate of drug-likeness (QED) is 0.834. The van der Waals surface area contributed by atoms with E-state index in [1.807, 2.05) is 12.1 Å². The Hall–Kier alpha value is -2.35. The van der Waals surface area contributed by atoms with Crippen LogP contribution in [-0.4, -0.2) is 5.91 Å². The van der Waals surface area contributed by atoms with Crippen LogP contribution in [-0.2, 0) is 4.79 Å². The first kappa shape index (κ1) is 13.1. The van der Waals surface area contributed by atoms with Crippen LogP contribution in [0.25, 0.3) is 17.2 Å². The van der Waals surface area contributed by atoms with Crippen LogP contribution >= 0.6 is 0 Å².